The van der Waals surface area contributed by atoms with E-state index in [0.717, 1.165) is 5.56 Å². The molecule has 33 heavy (non-hydrogen) atoms. The van der Waals surface area contributed by atoms with Crippen molar-refractivity contribution in [1.82, 2.24) is 4.90 Å². The van der Waals surface area contributed by atoms with Crippen molar-refractivity contribution in [3.8, 4) is 0 Å². The number of hydrogen-bond donors (Lipinski definition) is 2. The lowest BCUT2D eigenvalue weighted by molar-refractivity contribution is -0.130. The van der Waals surface area contributed by atoms with E-state index in [9.17, 15) is 19.5 Å². The van der Waals surface area contributed by atoms with Gasteiger partial charge in [0.05, 0.1) is 44.1 Å². The highest BCUT2D eigenvalue weighted by atomic mass is 16.5. The molecule has 2 N–H and O–H groups in total. The number of amides is 1. The van der Waals surface area contributed by atoms with Crippen LogP contribution in [0.2, 0.25) is 0 Å². The van der Waals surface area contributed by atoms with Gasteiger partial charge in [0.25, 0.3) is 5.91 Å². The number of nitrogens with zero attached hydrogens (tertiary/aromatic N) is 1. The lowest BCUT2D eigenvalue weighted by atomic mass is 9.92. The highest BCUT2D eigenvalue weighted by Crippen LogP contribution is 2.38. The molecule has 8 heteroatoms. The van der Waals surface area contributed by atoms with Crippen LogP contribution in [0.4, 0.5) is 0 Å². The fourth-order valence-corrected chi connectivity index (χ4v) is 3.80. The molecular formula is C25H27NO7. The molecule has 0 saturated heterocycles. The number of esters is 1. The minimum atomic E-state index is -0.815. The zero-order valence-electron chi connectivity index (χ0n) is 18.4. The van der Waals surface area contributed by atoms with Gasteiger partial charge in [-0.3, -0.25) is 9.59 Å². The second-order valence-electron chi connectivity index (χ2n) is 7.52. The van der Waals surface area contributed by atoms with E-state index in [1.54, 1.807) is 24.3 Å². The highest BCUT2D eigenvalue weighted by Gasteiger charge is 2.43. The van der Waals surface area contributed by atoms with E-state index in [1.807, 2.05) is 30.3 Å². The normalized spacial score (nSPS) is 15.8. The van der Waals surface area contributed by atoms with Gasteiger partial charge in [-0.05, 0) is 29.7 Å². The second kappa shape index (κ2) is 11.4. The van der Waals surface area contributed by atoms with Crippen LogP contribution in [-0.4, -0.2) is 66.2 Å². The molecule has 0 fully saturated rings. The summed E-state index contributed by atoms with van der Waals surface area (Å²) in [5, 5.41) is 19.5. The standard InChI is InChI=1S/C25H27NO7/c1-32-25(31)19-10-8-18(9-11-19)22-21(20(28)12-7-17-5-3-2-4-6-17)23(29)24(30)26(22)13-15-33-16-14-27/h2-6,8-11,22,27,29H,7,12-16H2,1H3. The van der Waals surface area contributed by atoms with Gasteiger partial charge in [0.15, 0.2) is 11.5 Å². The number of carbonyl (C=O) groups excluding carboxylic acids is 3. The fraction of sp³-hybridized carbons (Fsp3) is 0.320. The molecule has 0 saturated carbocycles. The molecule has 8 nitrogen and oxygen atoms in total. The van der Waals surface area contributed by atoms with Crippen molar-refractivity contribution >= 4 is 17.7 Å². The maximum Gasteiger partial charge on any atom is 0.337 e. The van der Waals surface area contributed by atoms with Gasteiger partial charge in [0, 0.05) is 13.0 Å². The van der Waals surface area contributed by atoms with E-state index >= 15 is 0 Å². The van der Waals surface area contributed by atoms with Gasteiger partial charge in [-0.2, -0.15) is 0 Å². The van der Waals surface area contributed by atoms with Crippen LogP contribution in [0.5, 0.6) is 0 Å². The Morgan fingerprint density at radius 2 is 1.73 bits per heavy atom. The van der Waals surface area contributed by atoms with Gasteiger partial charge in [0.1, 0.15) is 0 Å². The summed E-state index contributed by atoms with van der Waals surface area (Å²) in [5.74, 6) is -2.06. The first-order valence-corrected chi connectivity index (χ1v) is 10.7. The van der Waals surface area contributed by atoms with Gasteiger partial charge in [-0.15, -0.1) is 0 Å². The Balaban J connectivity index is 1.88. The third-order valence-corrected chi connectivity index (χ3v) is 5.45. The number of ether oxygens (including phenoxy) is 2. The molecule has 0 spiro atoms. The smallest absolute Gasteiger partial charge is 0.337 e. The Morgan fingerprint density at radius 3 is 2.36 bits per heavy atom. The Morgan fingerprint density at radius 1 is 1.03 bits per heavy atom. The third kappa shape index (κ3) is 5.66. The van der Waals surface area contributed by atoms with E-state index < -0.39 is 23.7 Å². The summed E-state index contributed by atoms with van der Waals surface area (Å²) in [7, 11) is 1.28. The van der Waals surface area contributed by atoms with Crippen LogP contribution in [0.15, 0.2) is 65.9 Å². The Hall–Kier alpha value is -3.49. The summed E-state index contributed by atoms with van der Waals surface area (Å²) >= 11 is 0. The zero-order valence-corrected chi connectivity index (χ0v) is 18.4. The minimum absolute atomic E-state index is 0.0314. The minimum Gasteiger partial charge on any atom is -0.503 e. The van der Waals surface area contributed by atoms with E-state index in [0.29, 0.717) is 17.5 Å². The van der Waals surface area contributed by atoms with Crippen LogP contribution in [-0.2, 0) is 25.5 Å². The predicted molar refractivity (Wildman–Crippen MR) is 120 cm³/mol. The number of methoxy groups -OCH3 is 1. The summed E-state index contributed by atoms with van der Waals surface area (Å²) < 4.78 is 10.0. The molecule has 0 aliphatic carbocycles. The van der Waals surface area contributed by atoms with Crippen LogP contribution in [0.3, 0.4) is 0 Å². The van der Waals surface area contributed by atoms with Crippen molar-refractivity contribution in [2.24, 2.45) is 0 Å². The van der Waals surface area contributed by atoms with E-state index in [-0.39, 0.29) is 44.1 Å². The molecule has 0 aromatic heterocycles. The number of aryl methyl sites for hydroxylation is 1. The first-order valence-electron chi connectivity index (χ1n) is 10.7. The topological polar surface area (TPSA) is 113 Å². The number of rotatable bonds is 11. The number of hydrogen-bond acceptors (Lipinski definition) is 7. The Labute approximate surface area is 192 Å². The van der Waals surface area contributed by atoms with Crippen molar-refractivity contribution < 1.29 is 34.1 Å². The molecule has 1 aliphatic rings. The number of aliphatic hydroxyl groups excluding tert-OH is 2. The first kappa shape index (κ1) is 24.2. The second-order valence-corrected chi connectivity index (χ2v) is 7.52. The molecule has 1 atom stereocenters. The van der Waals surface area contributed by atoms with Crippen LogP contribution in [0, 0.1) is 0 Å². The van der Waals surface area contributed by atoms with E-state index in [1.165, 1.54) is 12.0 Å². The molecule has 1 heterocycles. The number of carbonyl (C=O) groups is 3. The third-order valence-electron chi connectivity index (χ3n) is 5.45. The largest absolute Gasteiger partial charge is 0.503 e. The van der Waals surface area contributed by atoms with Crippen LogP contribution < -0.4 is 0 Å². The van der Waals surface area contributed by atoms with Gasteiger partial charge in [-0.25, -0.2) is 4.79 Å². The van der Waals surface area contributed by atoms with Crippen molar-refractivity contribution in [3.63, 3.8) is 0 Å². The SMILES string of the molecule is COC(=O)c1ccc(C2C(C(=O)CCc3ccccc3)=C(O)C(=O)N2CCOCCO)cc1. The van der Waals surface area contributed by atoms with Crippen LogP contribution in [0.25, 0.3) is 0 Å². The Bertz CT molecular complexity index is 1010. The lowest BCUT2D eigenvalue weighted by Crippen LogP contribution is -2.34. The maximum absolute atomic E-state index is 13.2. The molecule has 0 bridgehead atoms. The molecule has 1 unspecified atom stereocenters. The van der Waals surface area contributed by atoms with E-state index in [2.05, 4.69) is 0 Å². The molecule has 3 rings (SSSR count). The van der Waals surface area contributed by atoms with Crippen molar-refractivity contribution in [1.29, 1.82) is 0 Å². The summed E-state index contributed by atoms with van der Waals surface area (Å²) in [6.07, 6.45) is 0.598. The fourth-order valence-electron chi connectivity index (χ4n) is 3.80. The summed E-state index contributed by atoms with van der Waals surface area (Å²) in [4.78, 5) is 39.2. The van der Waals surface area contributed by atoms with E-state index in [4.69, 9.17) is 14.6 Å². The zero-order chi connectivity index (χ0) is 23.8. The van der Waals surface area contributed by atoms with Gasteiger partial charge >= 0.3 is 5.97 Å². The molecule has 1 amide bonds. The predicted octanol–water partition coefficient (Wildman–Crippen LogP) is 2.38. The quantitative estimate of drug-likeness (QED) is 0.397. The van der Waals surface area contributed by atoms with Crippen molar-refractivity contribution in [2.45, 2.75) is 18.9 Å². The first-order chi connectivity index (χ1) is 16.0. The number of aliphatic hydroxyl groups is 2. The number of benzene rings is 2. The van der Waals surface area contributed by atoms with Gasteiger partial charge < -0.3 is 24.6 Å². The van der Waals surface area contributed by atoms with Gasteiger partial charge in [0.2, 0.25) is 0 Å². The molecule has 2 aromatic rings. The molecule has 174 valence electrons. The molecule has 2 aromatic carbocycles. The highest BCUT2D eigenvalue weighted by molar-refractivity contribution is 6.09. The van der Waals surface area contributed by atoms with Crippen molar-refractivity contribution in [2.75, 3.05) is 33.5 Å². The monoisotopic (exact) mass is 453 g/mol. The summed E-state index contributed by atoms with van der Waals surface area (Å²) in [6.45, 7) is 0.200. The summed E-state index contributed by atoms with van der Waals surface area (Å²) in [6, 6.07) is 15.0. The van der Waals surface area contributed by atoms with Gasteiger partial charge in [-0.1, -0.05) is 42.5 Å². The Kier molecular flexibility index (Phi) is 8.34. The van der Waals surface area contributed by atoms with Crippen LogP contribution >= 0.6 is 0 Å². The lowest BCUT2D eigenvalue weighted by Gasteiger charge is -2.27. The number of Topliss-reactive ketones (excluding diaryl/α,β-unsaturated/α-hetero) is 1. The average molecular weight is 453 g/mol. The van der Waals surface area contributed by atoms with Crippen molar-refractivity contribution in [3.05, 3.63) is 82.6 Å². The molecule has 0 radical (unpaired) electrons. The van der Waals surface area contributed by atoms with Crippen LogP contribution in [0.1, 0.15) is 33.9 Å². The molecule has 1 aliphatic heterocycles. The summed E-state index contributed by atoms with van der Waals surface area (Å²) in [5.41, 5.74) is 1.91. The average Bonchev–Trinajstić information content (AvgIpc) is 3.10. The number of ketones is 1. The molecular weight excluding hydrogens is 426 g/mol. The maximum atomic E-state index is 13.2.